The van der Waals surface area contributed by atoms with E-state index < -0.39 is 12.1 Å². The second-order valence-corrected chi connectivity index (χ2v) is 6.90. The molecule has 0 radical (unpaired) electrons. The summed E-state index contributed by atoms with van der Waals surface area (Å²) >= 11 is 0. The van der Waals surface area contributed by atoms with E-state index >= 15 is 0 Å². The first-order chi connectivity index (χ1) is 14.0. The van der Waals surface area contributed by atoms with Crippen molar-refractivity contribution in [3.8, 4) is 0 Å². The molecule has 1 saturated heterocycles. The normalized spacial score (nSPS) is 18.9. The third kappa shape index (κ3) is 5.17. The molecule has 0 saturated carbocycles. The van der Waals surface area contributed by atoms with Gasteiger partial charge in [-0.2, -0.15) is 0 Å². The van der Waals surface area contributed by atoms with Gasteiger partial charge in [0.1, 0.15) is 6.61 Å². The summed E-state index contributed by atoms with van der Waals surface area (Å²) in [4.78, 5) is 25.5. The van der Waals surface area contributed by atoms with Crippen LogP contribution >= 0.6 is 0 Å². The third-order valence-electron chi connectivity index (χ3n) is 5.01. The van der Waals surface area contributed by atoms with Gasteiger partial charge in [0.15, 0.2) is 0 Å². The molecule has 1 fully saturated rings. The van der Waals surface area contributed by atoms with Crippen LogP contribution in [-0.4, -0.2) is 49.5 Å². The number of alkyl carbamates (subject to hydrolysis) is 1. The number of nitrogens with two attached hydrogens (primary N) is 1. The van der Waals surface area contributed by atoms with Gasteiger partial charge in [-0.15, -0.1) is 0 Å². The summed E-state index contributed by atoms with van der Waals surface area (Å²) < 4.78 is 10.9. The van der Waals surface area contributed by atoms with Crippen molar-refractivity contribution in [2.24, 2.45) is 0 Å². The van der Waals surface area contributed by atoms with Crippen LogP contribution in [0.2, 0.25) is 0 Å². The third-order valence-corrected chi connectivity index (χ3v) is 5.01. The van der Waals surface area contributed by atoms with Gasteiger partial charge in [0, 0.05) is 31.6 Å². The van der Waals surface area contributed by atoms with Gasteiger partial charge in [-0.3, -0.25) is 0 Å². The highest BCUT2D eigenvalue weighted by molar-refractivity contribution is 5.94. The number of benzene rings is 2. The summed E-state index contributed by atoms with van der Waals surface area (Å²) in [6, 6.07) is 14.2. The number of nitrogens with one attached hydrogen (secondary N) is 1. The molecule has 2 atom stereocenters. The highest BCUT2D eigenvalue weighted by atomic mass is 16.5. The maximum absolute atomic E-state index is 12.2. The van der Waals surface area contributed by atoms with Crippen LogP contribution in [0.3, 0.4) is 0 Å². The molecule has 1 aliphatic heterocycles. The van der Waals surface area contributed by atoms with Gasteiger partial charge in [0.05, 0.1) is 17.7 Å². The van der Waals surface area contributed by atoms with Crippen LogP contribution in [0.1, 0.15) is 22.3 Å². The lowest BCUT2D eigenvalue weighted by Crippen LogP contribution is -2.55. The number of nitrogens with zero attached hydrogens (tertiary/aromatic N) is 1. The minimum absolute atomic E-state index is 0.0706. The van der Waals surface area contributed by atoms with Crippen molar-refractivity contribution in [1.29, 1.82) is 0 Å². The molecule has 29 heavy (non-hydrogen) atoms. The number of carbonyl (C=O) groups is 2. The number of piperidine rings is 1. The maximum Gasteiger partial charge on any atom is 0.407 e. The number of ether oxygens (including phenoxy) is 2. The van der Waals surface area contributed by atoms with Crippen LogP contribution in [-0.2, 0) is 16.1 Å². The number of carboxylic acids is 1. The van der Waals surface area contributed by atoms with E-state index in [1.54, 1.807) is 25.3 Å². The number of carboxylic acid groups (broad SMARTS) is 1. The minimum atomic E-state index is -1.06. The number of anilines is 2. The SMILES string of the molecule is CO[C@@H]1CN(c2ccc(N)c(C(=O)O)c2)CC[C@@H]1NC(=O)OCc1ccccc1. The zero-order valence-electron chi connectivity index (χ0n) is 16.2. The number of amides is 1. The smallest absolute Gasteiger partial charge is 0.407 e. The van der Waals surface area contributed by atoms with Gasteiger partial charge < -0.3 is 30.5 Å². The van der Waals surface area contributed by atoms with E-state index in [1.165, 1.54) is 0 Å². The lowest BCUT2D eigenvalue weighted by Gasteiger charge is -2.39. The van der Waals surface area contributed by atoms with Crippen LogP contribution in [0.25, 0.3) is 0 Å². The summed E-state index contributed by atoms with van der Waals surface area (Å²) in [7, 11) is 1.59. The van der Waals surface area contributed by atoms with Crippen molar-refractivity contribution < 1.29 is 24.2 Å². The molecular formula is C21H25N3O5. The van der Waals surface area contributed by atoms with Crippen LogP contribution in [0.4, 0.5) is 16.2 Å². The van der Waals surface area contributed by atoms with Crippen molar-refractivity contribution in [2.75, 3.05) is 30.8 Å². The fourth-order valence-electron chi connectivity index (χ4n) is 3.40. The first kappa shape index (κ1) is 20.5. The van der Waals surface area contributed by atoms with Crippen molar-refractivity contribution >= 4 is 23.4 Å². The van der Waals surface area contributed by atoms with Gasteiger partial charge >= 0.3 is 12.1 Å². The molecular weight excluding hydrogens is 374 g/mol. The van der Waals surface area contributed by atoms with Crippen LogP contribution < -0.4 is 16.0 Å². The lowest BCUT2D eigenvalue weighted by molar-refractivity contribution is 0.0546. The predicted molar refractivity (Wildman–Crippen MR) is 109 cm³/mol. The Hall–Kier alpha value is -3.26. The predicted octanol–water partition coefficient (Wildman–Crippen LogP) is 2.49. The van der Waals surface area contributed by atoms with E-state index in [1.807, 2.05) is 35.2 Å². The summed E-state index contributed by atoms with van der Waals surface area (Å²) in [5, 5.41) is 12.2. The first-order valence-electron chi connectivity index (χ1n) is 9.35. The van der Waals surface area contributed by atoms with E-state index in [4.69, 9.17) is 15.2 Å². The average molecular weight is 399 g/mol. The van der Waals surface area contributed by atoms with E-state index in [2.05, 4.69) is 5.32 Å². The van der Waals surface area contributed by atoms with Gasteiger partial charge in [-0.05, 0) is 30.2 Å². The molecule has 0 aliphatic carbocycles. The molecule has 0 aromatic heterocycles. The summed E-state index contributed by atoms with van der Waals surface area (Å²) in [6.45, 7) is 1.34. The standard InChI is InChI=1S/C21H25N3O5/c1-28-19-12-24(15-7-8-17(22)16(11-15)20(25)26)10-9-18(19)23-21(27)29-13-14-5-3-2-4-6-14/h2-8,11,18-19H,9-10,12-13,22H2,1H3,(H,23,27)(H,25,26)/t18-,19+/m0/s1. The Bertz CT molecular complexity index is 859. The second-order valence-electron chi connectivity index (χ2n) is 6.90. The van der Waals surface area contributed by atoms with Crippen molar-refractivity contribution in [1.82, 2.24) is 5.32 Å². The Morgan fingerprint density at radius 2 is 2.00 bits per heavy atom. The number of hydrogen-bond donors (Lipinski definition) is 3. The van der Waals surface area contributed by atoms with Gasteiger partial charge in [-0.25, -0.2) is 9.59 Å². The van der Waals surface area contributed by atoms with Crippen molar-refractivity contribution in [3.05, 3.63) is 59.7 Å². The summed E-state index contributed by atoms with van der Waals surface area (Å²) in [5.41, 5.74) is 7.70. The molecule has 0 spiro atoms. The fourth-order valence-corrected chi connectivity index (χ4v) is 3.40. The average Bonchev–Trinajstić information content (AvgIpc) is 2.73. The van der Waals surface area contributed by atoms with Gasteiger partial charge in [0.25, 0.3) is 0 Å². The molecule has 3 rings (SSSR count). The zero-order valence-corrected chi connectivity index (χ0v) is 16.2. The van der Waals surface area contributed by atoms with E-state index in [0.717, 1.165) is 11.3 Å². The number of methoxy groups -OCH3 is 1. The molecule has 0 bridgehead atoms. The van der Waals surface area contributed by atoms with Crippen molar-refractivity contribution in [2.45, 2.75) is 25.2 Å². The molecule has 1 aliphatic rings. The highest BCUT2D eigenvalue weighted by Crippen LogP contribution is 2.25. The Balaban J connectivity index is 1.58. The topological polar surface area (TPSA) is 114 Å². The zero-order chi connectivity index (χ0) is 20.8. The largest absolute Gasteiger partial charge is 0.478 e. The molecule has 0 unspecified atom stereocenters. The quantitative estimate of drug-likeness (QED) is 0.640. The Morgan fingerprint density at radius 3 is 2.69 bits per heavy atom. The van der Waals surface area contributed by atoms with Gasteiger partial charge in [-0.1, -0.05) is 30.3 Å². The van der Waals surface area contributed by atoms with Crippen LogP contribution in [0.15, 0.2) is 48.5 Å². The number of nitrogen functional groups attached to an aromatic ring is 1. The van der Waals surface area contributed by atoms with E-state index in [9.17, 15) is 14.7 Å². The molecule has 1 heterocycles. The highest BCUT2D eigenvalue weighted by Gasteiger charge is 2.31. The van der Waals surface area contributed by atoms with E-state index in [-0.39, 0.29) is 30.0 Å². The maximum atomic E-state index is 12.2. The molecule has 1 amide bonds. The Kier molecular flexibility index (Phi) is 6.56. The van der Waals surface area contributed by atoms with Crippen LogP contribution in [0, 0.1) is 0 Å². The molecule has 4 N–H and O–H groups in total. The lowest BCUT2D eigenvalue weighted by atomic mass is 10.0. The molecule has 8 nitrogen and oxygen atoms in total. The summed E-state index contributed by atoms with van der Waals surface area (Å²) in [6.07, 6.45) is -0.125. The van der Waals surface area contributed by atoms with E-state index in [0.29, 0.717) is 19.5 Å². The Labute approximate surface area is 169 Å². The monoisotopic (exact) mass is 399 g/mol. The molecule has 2 aromatic carbocycles. The van der Waals surface area contributed by atoms with Gasteiger partial charge in [0.2, 0.25) is 0 Å². The summed E-state index contributed by atoms with van der Waals surface area (Å²) in [5.74, 6) is -1.06. The van der Waals surface area contributed by atoms with Crippen molar-refractivity contribution in [3.63, 3.8) is 0 Å². The second kappa shape index (κ2) is 9.29. The first-order valence-corrected chi connectivity index (χ1v) is 9.35. The molecule has 8 heteroatoms. The number of aromatic carboxylic acids is 1. The number of rotatable bonds is 6. The minimum Gasteiger partial charge on any atom is -0.478 e. The van der Waals surface area contributed by atoms with Crippen LogP contribution in [0.5, 0.6) is 0 Å². The Morgan fingerprint density at radius 1 is 1.24 bits per heavy atom. The fraction of sp³-hybridized carbons (Fsp3) is 0.333. The molecule has 154 valence electrons. The number of carbonyl (C=O) groups excluding carboxylic acids is 1. The number of hydrogen-bond acceptors (Lipinski definition) is 6. The molecule has 2 aromatic rings.